The van der Waals surface area contributed by atoms with Crippen LogP contribution in [0.25, 0.3) is 11.3 Å². The van der Waals surface area contributed by atoms with Crippen molar-refractivity contribution in [3.63, 3.8) is 0 Å². The Bertz CT molecular complexity index is 1200. The Morgan fingerprint density at radius 3 is 2.75 bits per heavy atom. The van der Waals surface area contributed by atoms with Gasteiger partial charge in [0.2, 0.25) is 0 Å². The van der Waals surface area contributed by atoms with Crippen LogP contribution in [0.3, 0.4) is 0 Å². The second-order valence-electron chi connectivity index (χ2n) is 7.05. The molecule has 4 rings (SSSR count). The fraction of sp³-hybridized carbons (Fsp3) is 0.130. The summed E-state index contributed by atoms with van der Waals surface area (Å²) in [5, 5.41) is 12.9. The zero-order chi connectivity index (χ0) is 22.3. The molecule has 0 saturated heterocycles. The molecule has 0 aliphatic rings. The number of aromatic amines is 1. The Hall–Kier alpha value is -3.59. The van der Waals surface area contributed by atoms with Crippen molar-refractivity contribution >= 4 is 27.7 Å². The van der Waals surface area contributed by atoms with Gasteiger partial charge in [-0.2, -0.15) is 5.10 Å². The second-order valence-corrected chi connectivity index (χ2v) is 7.91. The third kappa shape index (κ3) is 5.36. The zero-order valence-electron chi connectivity index (χ0n) is 17.0. The van der Waals surface area contributed by atoms with Crippen molar-refractivity contribution in [2.75, 3.05) is 11.9 Å². The van der Waals surface area contributed by atoms with Crippen molar-refractivity contribution < 1.29 is 9.18 Å². The standard InChI is InChI=1S/C23H20BrFN6O/c24-20-10-19(23(32)28-12-16-4-2-7-26-11-16)22(31-21(20)17-13-29-30-14-17)27-8-6-15-3-1-5-18(25)9-15/h1-5,7,9-11,13-14H,6,8,12H2,(H,27,31)(H,28,32)(H,29,30). The summed E-state index contributed by atoms with van der Waals surface area (Å²) in [4.78, 5) is 21.7. The number of carbonyl (C=O) groups is 1. The number of carbonyl (C=O) groups excluding carboxylic acids is 1. The normalized spacial score (nSPS) is 10.7. The molecule has 0 fully saturated rings. The van der Waals surface area contributed by atoms with Crippen molar-refractivity contribution in [2.45, 2.75) is 13.0 Å². The molecule has 9 heteroatoms. The number of pyridine rings is 2. The summed E-state index contributed by atoms with van der Waals surface area (Å²) in [6.07, 6.45) is 7.35. The van der Waals surface area contributed by atoms with E-state index in [9.17, 15) is 9.18 Å². The number of amides is 1. The first-order valence-electron chi connectivity index (χ1n) is 9.95. The highest BCUT2D eigenvalue weighted by Crippen LogP contribution is 2.30. The number of hydrogen-bond donors (Lipinski definition) is 3. The molecule has 3 heterocycles. The number of aromatic nitrogens is 4. The number of halogens is 2. The maximum atomic E-state index is 13.5. The summed E-state index contributed by atoms with van der Waals surface area (Å²) in [7, 11) is 0. The van der Waals surface area contributed by atoms with Gasteiger partial charge in [0.15, 0.2) is 0 Å². The van der Waals surface area contributed by atoms with E-state index < -0.39 is 0 Å². The van der Waals surface area contributed by atoms with Crippen LogP contribution in [-0.4, -0.2) is 32.6 Å². The maximum absolute atomic E-state index is 13.5. The second kappa shape index (κ2) is 10.1. The van der Waals surface area contributed by atoms with Gasteiger partial charge in [0.05, 0.1) is 17.5 Å². The summed E-state index contributed by atoms with van der Waals surface area (Å²) < 4.78 is 14.1. The smallest absolute Gasteiger partial charge is 0.255 e. The lowest BCUT2D eigenvalue weighted by Crippen LogP contribution is -2.25. The van der Waals surface area contributed by atoms with E-state index in [2.05, 4.69) is 46.7 Å². The summed E-state index contributed by atoms with van der Waals surface area (Å²) in [5.41, 5.74) is 3.58. The molecule has 0 bridgehead atoms. The lowest BCUT2D eigenvalue weighted by molar-refractivity contribution is 0.0951. The Labute approximate surface area is 192 Å². The molecule has 7 nitrogen and oxygen atoms in total. The van der Waals surface area contributed by atoms with Crippen LogP contribution in [0.5, 0.6) is 0 Å². The van der Waals surface area contributed by atoms with Gasteiger partial charge >= 0.3 is 0 Å². The molecule has 32 heavy (non-hydrogen) atoms. The first kappa shape index (κ1) is 21.6. The first-order valence-corrected chi connectivity index (χ1v) is 10.7. The molecule has 0 atom stereocenters. The number of H-pyrrole nitrogens is 1. The minimum atomic E-state index is -0.276. The topological polar surface area (TPSA) is 95.6 Å². The van der Waals surface area contributed by atoms with Gasteiger partial charge in [0.1, 0.15) is 11.6 Å². The summed E-state index contributed by atoms with van der Waals surface area (Å²) >= 11 is 3.52. The van der Waals surface area contributed by atoms with E-state index in [0.29, 0.717) is 41.1 Å². The average Bonchev–Trinajstić information content (AvgIpc) is 3.33. The number of benzene rings is 1. The molecule has 1 aromatic carbocycles. The number of anilines is 1. The van der Waals surface area contributed by atoms with E-state index >= 15 is 0 Å². The number of rotatable bonds is 8. The van der Waals surface area contributed by atoms with Gasteiger partial charge in [0, 0.05) is 41.7 Å². The zero-order valence-corrected chi connectivity index (χ0v) is 18.6. The van der Waals surface area contributed by atoms with E-state index in [1.54, 1.807) is 36.9 Å². The minimum absolute atomic E-state index is 0.269. The SMILES string of the molecule is O=C(NCc1cccnc1)c1cc(Br)c(-c2cn[nH]c2)nc1NCCc1cccc(F)c1. The Morgan fingerprint density at radius 1 is 1.12 bits per heavy atom. The monoisotopic (exact) mass is 494 g/mol. The third-order valence-electron chi connectivity index (χ3n) is 4.76. The third-order valence-corrected chi connectivity index (χ3v) is 5.37. The van der Waals surface area contributed by atoms with Gasteiger partial charge in [0.25, 0.3) is 5.91 Å². The number of nitrogens with one attached hydrogen (secondary N) is 3. The van der Waals surface area contributed by atoms with E-state index in [0.717, 1.165) is 16.7 Å². The van der Waals surface area contributed by atoms with Crippen LogP contribution in [0.1, 0.15) is 21.5 Å². The lowest BCUT2D eigenvalue weighted by Gasteiger charge is -2.14. The average molecular weight is 495 g/mol. The highest BCUT2D eigenvalue weighted by atomic mass is 79.9. The van der Waals surface area contributed by atoms with Gasteiger partial charge < -0.3 is 10.6 Å². The van der Waals surface area contributed by atoms with Crippen LogP contribution < -0.4 is 10.6 Å². The Kier molecular flexibility index (Phi) is 6.86. The van der Waals surface area contributed by atoms with Crippen molar-refractivity contribution in [1.82, 2.24) is 25.5 Å². The highest BCUT2D eigenvalue weighted by Gasteiger charge is 2.18. The van der Waals surface area contributed by atoms with Crippen LogP contribution in [0, 0.1) is 5.82 Å². The Balaban J connectivity index is 1.56. The van der Waals surface area contributed by atoms with Crippen LogP contribution in [0.15, 0.2) is 71.7 Å². The van der Waals surface area contributed by atoms with Crippen LogP contribution >= 0.6 is 15.9 Å². The molecule has 0 aliphatic heterocycles. The molecule has 3 aromatic heterocycles. The molecule has 0 saturated carbocycles. The van der Waals surface area contributed by atoms with E-state index in [1.807, 2.05) is 18.2 Å². The predicted octanol–water partition coefficient (Wildman–Crippen LogP) is 4.35. The molecule has 0 aliphatic carbocycles. The van der Waals surface area contributed by atoms with Crippen molar-refractivity contribution in [3.8, 4) is 11.3 Å². The quantitative estimate of drug-likeness (QED) is 0.338. The molecule has 0 radical (unpaired) electrons. The van der Waals surface area contributed by atoms with Gasteiger partial charge in [-0.1, -0.05) is 18.2 Å². The largest absolute Gasteiger partial charge is 0.369 e. The molecule has 4 aromatic rings. The van der Waals surface area contributed by atoms with Crippen molar-refractivity contribution in [2.24, 2.45) is 0 Å². The fourth-order valence-corrected chi connectivity index (χ4v) is 3.72. The van der Waals surface area contributed by atoms with E-state index in [1.165, 1.54) is 12.1 Å². The van der Waals surface area contributed by atoms with Crippen LogP contribution in [0.2, 0.25) is 0 Å². The van der Waals surface area contributed by atoms with E-state index in [-0.39, 0.29) is 11.7 Å². The van der Waals surface area contributed by atoms with Gasteiger partial charge in [-0.25, -0.2) is 9.37 Å². The van der Waals surface area contributed by atoms with Crippen molar-refractivity contribution in [1.29, 1.82) is 0 Å². The fourth-order valence-electron chi connectivity index (χ4n) is 3.18. The molecule has 3 N–H and O–H groups in total. The highest BCUT2D eigenvalue weighted by molar-refractivity contribution is 9.10. The molecule has 0 unspecified atom stereocenters. The predicted molar refractivity (Wildman–Crippen MR) is 124 cm³/mol. The van der Waals surface area contributed by atoms with Gasteiger partial charge in [-0.05, 0) is 57.7 Å². The minimum Gasteiger partial charge on any atom is -0.369 e. The summed E-state index contributed by atoms with van der Waals surface area (Å²) in [5.74, 6) is -0.111. The van der Waals surface area contributed by atoms with Gasteiger partial charge in [-0.15, -0.1) is 0 Å². The lowest BCUT2D eigenvalue weighted by atomic mass is 10.1. The molecule has 162 valence electrons. The molecule has 0 spiro atoms. The summed E-state index contributed by atoms with van der Waals surface area (Å²) in [6.45, 7) is 0.822. The number of nitrogens with zero attached hydrogens (tertiary/aromatic N) is 3. The molecular weight excluding hydrogens is 475 g/mol. The van der Waals surface area contributed by atoms with Crippen molar-refractivity contribution in [3.05, 3.63) is 94.2 Å². The number of hydrogen-bond acceptors (Lipinski definition) is 5. The molecular formula is C23H20BrFN6O. The van der Waals surface area contributed by atoms with E-state index in [4.69, 9.17) is 0 Å². The van der Waals surface area contributed by atoms with Gasteiger partial charge in [-0.3, -0.25) is 14.9 Å². The maximum Gasteiger partial charge on any atom is 0.255 e. The molecule has 1 amide bonds. The first-order chi connectivity index (χ1) is 15.6. The summed E-state index contributed by atoms with van der Waals surface area (Å²) in [6, 6.07) is 11.9. The Morgan fingerprint density at radius 2 is 2.00 bits per heavy atom. The van der Waals surface area contributed by atoms with Crippen LogP contribution in [-0.2, 0) is 13.0 Å². The van der Waals surface area contributed by atoms with Crippen LogP contribution in [0.4, 0.5) is 10.2 Å².